The van der Waals surface area contributed by atoms with Crippen LogP contribution in [0.2, 0.25) is 0 Å². The first-order valence-electron chi connectivity index (χ1n) is 10.2. The first-order valence-corrected chi connectivity index (χ1v) is 10.2. The van der Waals surface area contributed by atoms with Crippen LogP contribution in [0.15, 0.2) is 12.3 Å². The van der Waals surface area contributed by atoms with Crippen LogP contribution in [0.1, 0.15) is 58.3 Å². The molecule has 1 aliphatic rings. The van der Waals surface area contributed by atoms with E-state index in [-0.39, 0.29) is 17.4 Å². The van der Waals surface area contributed by atoms with Gasteiger partial charge < -0.3 is 4.74 Å². The Kier molecular flexibility index (Phi) is 4.71. The summed E-state index contributed by atoms with van der Waals surface area (Å²) in [5, 5.41) is 13.0. The average Bonchev–Trinajstić information content (AvgIpc) is 3.34. The third kappa shape index (κ3) is 3.54. The highest BCUT2D eigenvalue weighted by Gasteiger charge is 2.30. The number of Topliss-reactive ketones (excluding diaryl/α,β-unsaturated/α-hetero) is 1. The Labute approximate surface area is 170 Å². The van der Waals surface area contributed by atoms with Crippen molar-refractivity contribution in [3.63, 3.8) is 0 Å². The molecule has 0 aliphatic heterocycles. The van der Waals surface area contributed by atoms with E-state index in [1.54, 1.807) is 0 Å². The third-order valence-corrected chi connectivity index (χ3v) is 5.98. The molecule has 0 bridgehead atoms. The number of aromatic nitrogens is 5. The van der Waals surface area contributed by atoms with Crippen LogP contribution >= 0.6 is 0 Å². The van der Waals surface area contributed by atoms with Crippen LogP contribution in [0.4, 0.5) is 0 Å². The van der Waals surface area contributed by atoms with Gasteiger partial charge in [-0.3, -0.25) is 14.6 Å². The van der Waals surface area contributed by atoms with Gasteiger partial charge in [-0.1, -0.05) is 20.8 Å². The van der Waals surface area contributed by atoms with Gasteiger partial charge in [-0.25, -0.2) is 4.98 Å². The summed E-state index contributed by atoms with van der Waals surface area (Å²) in [4.78, 5) is 16.6. The van der Waals surface area contributed by atoms with Crippen molar-refractivity contribution >= 4 is 16.7 Å². The molecule has 0 spiro atoms. The molecule has 2 atom stereocenters. The van der Waals surface area contributed by atoms with Crippen LogP contribution in [0.3, 0.4) is 0 Å². The second kappa shape index (κ2) is 6.97. The predicted octanol–water partition coefficient (Wildman–Crippen LogP) is 4.10. The minimum Gasteiger partial charge on any atom is -0.474 e. The van der Waals surface area contributed by atoms with Crippen LogP contribution in [0.25, 0.3) is 22.2 Å². The summed E-state index contributed by atoms with van der Waals surface area (Å²) < 4.78 is 8.22. The standard InChI is InChI=1S/C22H29N5O2/c1-12-19-18(26-27(12)6)10-17(16-11-23-25-20(16)22(3,4)5)24-21(19)29-13(2)14-7-8-15(28)9-14/h10-11,13-14H,7-9H2,1-6H3,(H,23,25)/t13-,14+/m1/s1. The molecule has 29 heavy (non-hydrogen) atoms. The Morgan fingerprint density at radius 1 is 1.34 bits per heavy atom. The molecule has 0 unspecified atom stereocenters. The number of carbonyl (C=O) groups excluding carboxylic acids is 1. The monoisotopic (exact) mass is 395 g/mol. The first-order chi connectivity index (χ1) is 13.6. The minimum atomic E-state index is -0.0962. The van der Waals surface area contributed by atoms with Crippen LogP contribution in [0.5, 0.6) is 5.88 Å². The Bertz CT molecular complexity index is 1070. The van der Waals surface area contributed by atoms with Crippen molar-refractivity contribution in [1.29, 1.82) is 0 Å². The van der Waals surface area contributed by atoms with E-state index in [2.05, 4.69) is 36.1 Å². The van der Waals surface area contributed by atoms with Gasteiger partial charge in [0.25, 0.3) is 0 Å². The Balaban J connectivity index is 1.81. The van der Waals surface area contributed by atoms with Gasteiger partial charge in [-0.05, 0) is 26.3 Å². The molecule has 3 aromatic heterocycles. The van der Waals surface area contributed by atoms with E-state index >= 15 is 0 Å². The predicted molar refractivity (Wildman–Crippen MR) is 112 cm³/mol. The second-order valence-corrected chi connectivity index (χ2v) is 9.19. The molecule has 7 nitrogen and oxygen atoms in total. The molecule has 1 N–H and O–H groups in total. The summed E-state index contributed by atoms with van der Waals surface area (Å²) in [5.74, 6) is 1.14. The number of aromatic amines is 1. The molecule has 7 heteroatoms. The van der Waals surface area contributed by atoms with Gasteiger partial charge in [0.2, 0.25) is 5.88 Å². The molecule has 0 amide bonds. The molecule has 1 aliphatic carbocycles. The summed E-state index contributed by atoms with van der Waals surface area (Å²) >= 11 is 0. The van der Waals surface area contributed by atoms with Crippen LogP contribution in [0, 0.1) is 12.8 Å². The number of rotatable bonds is 4. The zero-order valence-corrected chi connectivity index (χ0v) is 18.0. The fourth-order valence-electron chi connectivity index (χ4n) is 4.12. The fourth-order valence-corrected chi connectivity index (χ4v) is 4.12. The van der Waals surface area contributed by atoms with E-state index < -0.39 is 0 Å². The lowest BCUT2D eigenvalue weighted by Crippen LogP contribution is -2.22. The Morgan fingerprint density at radius 2 is 2.10 bits per heavy atom. The zero-order valence-electron chi connectivity index (χ0n) is 18.0. The summed E-state index contributed by atoms with van der Waals surface area (Å²) in [6.45, 7) is 10.5. The lowest BCUT2D eigenvalue weighted by atomic mass is 9.88. The average molecular weight is 396 g/mol. The zero-order chi connectivity index (χ0) is 20.9. The van der Waals surface area contributed by atoms with Gasteiger partial charge in [0, 0.05) is 48.2 Å². The van der Waals surface area contributed by atoms with Crippen molar-refractivity contribution in [2.45, 2.75) is 65.4 Å². The van der Waals surface area contributed by atoms with Crippen molar-refractivity contribution in [3.8, 4) is 17.1 Å². The number of ketones is 1. The van der Waals surface area contributed by atoms with Gasteiger partial charge >= 0.3 is 0 Å². The van der Waals surface area contributed by atoms with Crippen molar-refractivity contribution < 1.29 is 9.53 Å². The maximum absolute atomic E-state index is 11.7. The van der Waals surface area contributed by atoms with Crippen molar-refractivity contribution in [2.75, 3.05) is 0 Å². The quantitative estimate of drug-likeness (QED) is 0.719. The van der Waals surface area contributed by atoms with Gasteiger partial charge in [0.1, 0.15) is 17.4 Å². The molecule has 3 aromatic rings. The number of fused-ring (bicyclic) bond motifs is 1. The minimum absolute atomic E-state index is 0.0848. The molecular formula is C22H29N5O2. The smallest absolute Gasteiger partial charge is 0.225 e. The van der Waals surface area contributed by atoms with E-state index in [9.17, 15) is 4.79 Å². The van der Waals surface area contributed by atoms with Crippen molar-refractivity contribution in [3.05, 3.63) is 23.7 Å². The van der Waals surface area contributed by atoms with Crippen LogP contribution in [-0.2, 0) is 17.3 Å². The van der Waals surface area contributed by atoms with Crippen molar-refractivity contribution in [2.24, 2.45) is 13.0 Å². The topological polar surface area (TPSA) is 85.7 Å². The molecule has 1 fully saturated rings. The first kappa shape index (κ1) is 19.6. The van der Waals surface area contributed by atoms with Crippen LogP contribution in [-0.4, -0.2) is 36.8 Å². The molecule has 154 valence electrons. The Hall–Kier alpha value is -2.70. The summed E-state index contributed by atoms with van der Waals surface area (Å²) in [6.07, 6.45) is 3.85. The number of ether oxygens (including phenoxy) is 1. The van der Waals surface area contributed by atoms with E-state index in [0.717, 1.165) is 40.0 Å². The SMILES string of the molecule is Cc1c2c(O[C@H](C)[C@H]3CCC(=O)C3)nc(-c3cn[nH]c3C(C)(C)C)cc2nn1C. The summed E-state index contributed by atoms with van der Waals surface area (Å²) in [7, 11) is 1.93. The second-order valence-electron chi connectivity index (χ2n) is 9.19. The molecular weight excluding hydrogens is 366 g/mol. The van der Waals surface area contributed by atoms with Gasteiger partial charge in [-0.2, -0.15) is 10.2 Å². The van der Waals surface area contributed by atoms with Crippen molar-refractivity contribution in [1.82, 2.24) is 25.0 Å². The number of carbonyl (C=O) groups is 1. The van der Waals surface area contributed by atoms with E-state index in [1.807, 2.05) is 37.8 Å². The van der Waals surface area contributed by atoms with E-state index in [1.165, 1.54) is 0 Å². The van der Waals surface area contributed by atoms with Gasteiger partial charge in [-0.15, -0.1) is 0 Å². The highest BCUT2D eigenvalue weighted by Crippen LogP contribution is 2.36. The Morgan fingerprint density at radius 3 is 2.76 bits per heavy atom. The molecule has 0 aromatic carbocycles. The summed E-state index contributed by atoms with van der Waals surface area (Å²) in [5.41, 5.74) is 4.53. The van der Waals surface area contributed by atoms with E-state index in [0.29, 0.717) is 24.5 Å². The molecule has 4 rings (SSSR count). The number of H-pyrrole nitrogens is 1. The fraction of sp³-hybridized carbons (Fsp3) is 0.545. The van der Waals surface area contributed by atoms with Gasteiger partial charge in [0.15, 0.2) is 0 Å². The number of nitrogens with one attached hydrogen (secondary N) is 1. The highest BCUT2D eigenvalue weighted by molar-refractivity contribution is 5.89. The third-order valence-electron chi connectivity index (χ3n) is 5.98. The number of aryl methyl sites for hydroxylation is 2. The van der Waals surface area contributed by atoms with Crippen LogP contribution < -0.4 is 4.74 Å². The largest absolute Gasteiger partial charge is 0.474 e. The lowest BCUT2D eigenvalue weighted by molar-refractivity contribution is -0.117. The number of hydrogen-bond donors (Lipinski definition) is 1. The van der Waals surface area contributed by atoms with Gasteiger partial charge in [0.05, 0.1) is 17.3 Å². The number of pyridine rings is 1. The normalized spacial score (nSPS) is 18.6. The highest BCUT2D eigenvalue weighted by atomic mass is 16.5. The number of nitrogens with zero attached hydrogens (tertiary/aromatic N) is 4. The molecule has 0 saturated heterocycles. The molecule has 1 saturated carbocycles. The maximum Gasteiger partial charge on any atom is 0.225 e. The maximum atomic E-state index is 11.7. The summed E-state index contributed by atoms with van der Waals surface area (Å²) in [6, 6.07) is 2.00. The van der Waals surface area contributed by atoms with E-state index in [4.69, 9.17) is 9.72 Å². The lowest BCUT2D eigenvalue weighted by Gasteiger charge is -2.21. The molecule has 0 radical (unpaired) electrons. The number of hydrogen-bond acceptors (Lipinski definition) is 5. The molecule has 3 heterocycles.